The van der Waals surface area contributed by atoms with Crippen LogP contribution in [-0.2, 0) is 4.79 Å². The Bertz CT molecular complexity index is 581. The molecule has 0 spiro atoms. The first-order valence-corrected chi connectivity index (χ1v) is 8.75. The number of nitrogens with one attached hydrogen (secondary N) is 1. The number of halogens is 1. The molecule has 5 nitrogen and oxygen atoms in total. The summed E-state index contributed by atoms with van der Waals surface area (Å²) in [5.41, 5.74) is 6.40. The highest BCUT2D eigenvalue weighted by molar-refractivity contribution is 5.97. The summed E-state index contributed by atoms with van der Waals surface area (Å²) in [6.07, 6.45) is 1.74. The van der Waals surface area contributed by atoms with Crippen LogP contribution in [0.25, 0.3) is 0 Å². The number of carbonyl (C=O) groups is 2. The SMILES string of the molecule is CCC(C)C(NC(=O)c1ccccc1)C(=O)N1CCC(C)(CN)C1.Cl. The first-order chi connectivity index (χ1) is 11.4. The standard InChI is InChI=1S/C19H29N3O2.ClH/c1-4-14(2)16(21-17(23)15-8-6-5-7-9-15)18(24)22-11-10-19(3,12-20)13-22;/h5-9,14,16H,4,10-13,20H2,1-3H3,(H,21,23);1H. The summed E-state index contributed by atoms with van der Waals surface area (Å²) in [6, 6.07) is 8.53. The van der Waals surface area contributed by atoms with Crippen LogP contribution >= 0.6 is 12.4 Å². The Morgan fingerprint density at radius 3 is 2.48 bits per heavy atom. The van der Waals surface area contributed by atoms with E-state index in [1.165, 1.54) is 0 Å². The fourth-order valence-electron chi connectivity index (χ4n) is 3.07. The molecule has 1 aliphatic rings. The van der Waals surface area contributed by atoms with Crippen molar-refractivity contribution in [1.82, 2.24) is 10.2 Å². The Labute approximate surface area is 156 Å². The molecule has 1 saturated heterocycles. The van der Waals surface area contributed by atoms with Gasteiger partial charge < -0.3 is 16.0 Å². The van der Waals surface area contributed by atoms with Crippen molar-refractivity contribution in [3.05, 3.63) is 35.9 Å². The molecule has 0 radical (unpaired) electrons. The van der Waals surface area contributed by atoms with Crippen LogP contribution in [0.3, 0.4) is 0 Å². The molecule has 6 heteroatoms. The topological polar surface area (TPSA) is 75.4 Å². The Kier molecular flexibility index (Phi) is 7.90. The van der Waals surface area contributed by atoms with Gasteiger partial charge in [0.05, 0.1) is 0 Å². The average Bonchev–Trinajstić information content (AvgIpc) is 3.02. The van der Waals surface area contributed by atoms with Crippen molar-refractivity contribution < 1.29 is 9.59 Å². The number of likely N-dealkylation sites (tertiary alicyclic amines) is 1. The minimum atomic E-state index is -0.497. The maximum Gasteiger partial charge on any atom is 0.251 e. The van der Waals surface area contributed by atoms with E-state index in [1.54, 1.807) is 12.1 Å². The fraction of sp³-hybridized carbons (Fsp3) is 0.579. The molecule has 1 fully saturated rings. The van der Waals surface area contributed by atoms with Gasteiger partial charge in [-0.3, -0.25) is 9.59 Å². The van der Waals surface area contributed by atoms with Crippen molar-refractivity contribution in [3.63, 3.8) is 0 Å². The predicted octanol–water partition coefficient (Wildman–Crippen LogP) is 2.45. The Hall–Kier alpha value is -1.59. The third-order valence-corrected chi connectivity index (χ3v) is 5.16. The molecule has 1 heterocycles. The number of amides is 2. The first kappa shape index (κ1) is 21.5. The van der Waals surface area contributed by atoms with Crippen LogP contribution in [0.1, 0.15) is 44.0 Å². The Morgan fingerprint density at radius 2 is 1.96 bits per heavy atom. The van der Waals surface area contributed by atoms with Gasteiger partial charge in [0.1, 0.15) is 6.04 Å². The minimum absolute atomic E-state index is 0. The lowest BCUT2D eigenvalue weighted by Crippen LogP contribution is -2.51. The van der Waals surface area contributed by atoms with Crippen molar-refractivity contribution in [1.29, 1.82) is 0 Å². The van der Waals surface area contributed by atoms with Crippen LogP contribution in [0, 0.1) is 11.3 Å². The van der Waals surface area contributed by atoms with E-state index in [0.717, 1.165) is 12.8 Å². The molecule has 2 amide bonds. The molecule has 0 bridgehead atoms. The van der Waals surface area contributed by atoms with Crippen LogP contribution < -0.4 is 11.1 Å². The number of rotatable bonds is 6. The highest BCUT2D eigenvalue weighted by Gasteiger charge is 2.38. The highest BCUT2D eigenvalue weighted by Crippen LogP contribution is 2.29. The maximum absolute atomic E-state index is 13.0. The zero-order valence-corrected chi connectivity index (χ0v) is 16.1. The van der Waals surface area contributed by atoms with Crippen LogP contribution in [0.4, 0.5) is 0 Å². The molecule has 3 atom stereocenters. The van der Waals surface area contributed by atoms with Crippen molar-refractivity contribution in [3.8, 4) is 0 Å². The molecule has 140 valence electrons. The second kappa shape index (κ2) is 9.20. The summed E-state index contributed by atoms with van der Waals surface area (Å²) >= 11 is 0. The maximum atomic E-state index is 13.0. The van der Waals surface area contributed by atoms with Gasteiger partial charge in [0.15, 0.2) is 0 Å². The summed E-state index contributed by atoms with van der Waals surface area (Å²) in [5.74, 6) is -0.115. The molecule has 1 aliphatic heterocycles. The molecule has 0 aliphatic carbocycles. The number of benzene rings is 1. The molecule has 1 aromatic carbocycles. The highest BCUT2D eigenvalue weighted by atomic mass is 35.5. The summed E-state index contributed by atoms with van der Waals surface area (Å²) < 4.78 is 0. The normalized spacial score (nSPS) is 22.0. The van der Waals surface area contributed by atoms with Crippen molar-refractivity contribution >= 4 is 24.2 Å². The van der Waals surface area contributed by atoms with E-state index in [-0.39, 0.29) is 35.6 Å². The summed E-state index contributed by atoms with van der Waals surface area (Å²) in [5, 5.41) is 2.94. The lowest BCUT2D eigenvalue weighted by Gasteiger charge is -2.29. The fourth-order valence-corrected chi connectivity index (χ4v) is 3.07. The first-order valence-electron chi connectivity index (χ1n) is 8.75. The Balaban J connectivity index is 0.00000312. The van der Waals surface area contributed by atoms with Gasteiger partial charge in [-0.15, -0.1) is 12.4 Å². The number of hydrogen-bond acceptors (Lipinski definition) is 3. The molecule has 3 unspecified atom stereocenters. The molecular weight excluding hydrogens is 338 g/mol. The van der Waals surface area contributed by atoms with E-state index < -0.39 is 6.04 Å². The lowest BCUT2D eigenvalue weighted by molar-refractivity contribution is -0.133. The number of nitrogens with two attached hydrogens (primary N) is 1. The van der Waals surface area contributed by atoms with Gasteiger partial charge in [-0.1, -0.05) is 45.4 Å². The van der Waals surface area contributed by atoms with Crippen molar-refractivity contribution in [2.75, 3.05) is 19.6 Å². The Morgan fingerprint density at radius 1 is 1.32 bits per heavy atom. The van der Waals surface area contributed by atoms with E-state index in [2.05, 4.69) is 12.2 Å². The van der Waals surface area contributed by atoms with Gasteiger partial charge >= 0.3 is 0 Å². The summed E-state index contributed by atoms with van der Waals surface area (Å²) in [6.45, 7) is 8.10. The second-order valence-corrected chi connectivity index (χ2v) is 7.23. The smallest absolute Gasteiger partial charge is 0.251 e. The predicted molar refractivity (Wildman–Crippen MR) is 103 cm³/mol. The third kappa shape index (κ3) is 5.19. The summed E-state index contributed by atoms with van der Waals surface area (Å²) in [4.78, 5) is 27.3. The molecule has 0 saturated carbocycles. The second-order valence-electron chi connectivity index (χ2n) is 7.23. The molecule has 3 N–H and O–H groups in total. The monoisotopic (exact) mass is 367 g/mol. The quantitative estimate of drug-likeness (QED) is 0.810. The zero-order valence-electron chi connectivity index (χ0n) is 15.3. The van der Waals surface area contributed by atoms with E-state index >= 15 is 0 Å². The molecule has 0 aromatic heterocycles. The van der Waals surface area contributed by atoms with Crippen LogP contribution in [-0.4, -0.2) is 42.4 Å². The number of nitrogens with zero attached hydrogens (tertiary/aromatic N) is 1. The van der Waals surface area contributed by atoms with E-state index in [4.69, 9.17) is 5.73 Å². The van der Waals surface area contributed by atoms with E-state index in [9.17, 15) is 9.59 Å². The van der Waals surface area contributed by atoms with Gasteiger partial charge in [0, 0.05) is 18.7 Å². The largest absolute Gasteiger partial charge is 0.340 e. The van der Waals surface area contributed by atoms with Crippen LogP contribution in [0.5, 0.6) is 0 Å². The van der Waals surface area contributed by atoms with Gasteiger partial charge in [-0.2, -0.15) is 0 Å². The molecular formula is C19H30ClN3O2. The zero-order chi connectivity index (χ0) is 17.7. The van der Waals surface area contributed by atoms with E-state index in [0.29, 0.717) is 25.2 Å². The van der Waals surface area contributed by atoms with Gasteiger partial charge in [0.2, 0.25) is 5.91 Å². The van der Waals surface area contributed by atoms with Crippen LogP contribution in [0.15, 0.2) is 30.3 Å². The van der Waals surface area contributed by atoms with Gasteiger partial charge in [-0.05, 0) is 36.4 Å². The van der Waals surface area contributed by atoms with E-state index in [1.807, 2.05) is 36.9 Å². The number of carbonyl (C=O) groups excluding carboxylic acids is 2. The molecule has 25 heavy (non-hydrogen) atoms. The number of hydrogen-bond donors (Lipinski definition) is 2. The van der Waals surface area contributed by atoms with Crippen molar-refractivity contribution in [2.24, 2.45) is 17.1 Å². The van der Waals surface area contributed by atoms with Gasteiger partial charge in [0.25, 0.3) is 5.91 Å². The minimum Gasteiger partial charge on any atom is -0.340 e. The average molecular weight is 368 g/mol. The molecule has 2 rings (SSSR count). The van der Waals surface area contributed by atoms with Crippen molar-refractivity contribution in [2.45, 2.75) is 39.7 Å². The molecule has 1 aromatic rings. The lowest BCUT2D eigenvalue weighted by atomic mass is 9.90. The van der Waals surface area contributed by atoms with Gasteiger partial charge in [-0.25, -0.2) is 0 Å². The summed E-state index contributed by atoms with van der Waals surface area (Å²) in [7, 11) is 0. The third-order valence-electron chi connectivity index (χ3n) is 5.16. The van der Waals surface area contributed by atoms with Crippen LogP contribution in [0.2, 0.25) is 0 Å².